The smallest absolute Gasteiger partial charge is 0.339 e. The third-order valence-electron chi connectivity index (χ3n) is 2.05. The van der Waals surface area contributed by atoms with E-state index in [0.29, 0.717) is 12.1 Å². The molecule has 0 amide bonds. The van der Waals surface area contributed by atoms with Gasteiger partial charge in [0.05, 0.1) is 12.7 Å². The first-order valence-corrected chi connectivity index (χ1v) is 5.19. The number of halogens is 1. The fourth-order valence-electron chi connectivity index (χ4n) is 1.33. The van der Waals surface area contributed by atoms with E-state index in [1.807, 2.05) is 13.0 Å². The lowest BCUT2D eigenvalue weighted by Crippen LogP contribution is -2.07. The topological polar surface area (TPSA) is 63.0 Å². The van der Waals surface area contributed by atoms with Crippen molar-refractivity contribution in [3.63, 3.8) is 0 Å². The number of aryl methyl sites for hydroxylation is 1. The Labute approximate surface area is 98.8 Å². The molecule has 84 valence electrons. The Kier molecular flexibility index (Phi) is 4.27. The highest BCUT2D eigenvalue weighted by Gasteiger charge is 2.17. The summed E-state index contributed by atoms with van der Waals surface area (Å²) < 4.78 is 4.59. The van der Waals surface area contributed by atoms with Gasteiger partial charge in [-0.1, -0.05) is 24.9 Å². The van der Waals surface area contributed by atoms with E-state index in [1.54, 1.807) is 6.07 Å². The molecule has 0 radical (unpaired) electrons. The maximum absolute atomic E-state index is 11.4. The van der Waals surface area contributed by atoms with Gasteiger partial charge in [-0.2, -0.15) is 5.26 Å². The van der Waals surface area contributed by atoms with Gasteiger partial charge in [-0.15, -0.1) is 0 Å². The van der Waals surface area contributed by atoms with E-state index in [1.165, 1.54) is 7.11 Å². The number of rotatable bonds is 3. The number of carbonyl (C=O) groups excluding carboxylic acids is 1. The molecule has 4 nitrogen and oxygen atoms in total. The highest BCUT2D eigenvalue weighted by molar-refractivity contribution is 6.31. The molecule has 16 heavy (non-hydrogen) atoms. The number of nitriles is 1. The number of ether oxygens (including phenoxy) is 1. The molecule has 0 aromatic carbocycles. The van der Waals surface area contributed by atoms with Gasteiger partial charge in [0.25, 0.3) is 0 Å². The lowest BCUT2D eigenvalue weighted by atomic mass is 10.1. The lowest BCUT2D eigenvalue weighted by Gasteiger charge is -2.06. The summed E-state index contributed by atoms with van der Waals surface area (Å²) in [6.45, 7) is 1.99. The van der Waals surface area contributed by atoms with Crippen molar-refractivity contribution >= 4 is 17.6 Å². The van der Waals surface area contributed by atoms with Crippen LogP contribution < -0.4 is 0 Å². The molecule has 0 aliphatic rings. The highest BCUT2D eigenvalue weighted by atomic mass is 35.5. The summed E-state index contributed by atoms with van der Waals surface area (Å²) in [7, 11) is 1.26. The van der Waals surface area contributed by atoms with E-state index < -0.39 is 5.97 Å². The van der Waals surface area contributed by atoms with Crippen LogP contribution in [-0.2, 0) is 11.2 Å². The van der Waals surface area contributed by atoms with E-state index in [9.17, 15) is 4.79 Å². The molecule has 0 unspecified atom stereocenters. The fraction of sp³-hybridized carbons (Fsp3) is 0.364. The first-order chi connectivity index (χ1) is 7.63. The van der Waals surface area contributed by atoms with Crippen LogP contribution in [0.4, 0.5) is 0 Å². The predicted octanol–water partition coefficient (Wildman–Crippen LogP) is 2.35. The van der Waals surface area contributed by atoms with Crippen LogP contribution in [0.2, 0.25) is 5.15 Å². The summed E-state index contributed by atoms with van der Waals surface area (Å²) in [5.74, 6) is -0.571. The van der Waals surface area contributed by atoms with Crippen molar-refractivity contribution in [2.45, 2.75) is 19.8 Å². The molecule has 0 aliphatic heterocycles. The molecule has 5 heteroatoms. The monoisotopic (exact) mass is 238 g/mol. The Morgan fingerprint density at radius 2 is 2.38 bits per heavy atom. The molecule has 0 atom stereocenters. The predicted molar refractivity (Wildman–Crippen MR) is 59.3 cm³/mol. The number of methoxy groups -OCH3 is 1. The van der Waals surface area contributed by atoms with Crippen molar-refractivity contribution < 1.29 is 9.53 Å². The number of carbonyl (C=O) groups is 1. The van der Waals surface area contributed by atoms with E-state index in [2.05, 4.69) is 9.72 Å². The standard InChI is InChI=1S/C11H11ClN2O2/c1-3-4-7-5-8(11(15)16-2)9(6-13)10(12)14-7/h5H,3-4H2,1-2H3. The van der Waals surface area contributed by atoms with Crippen LogP contribution in [-0.4, -0.2) is 18.1 Å². The number of nitrogens with zero attached hydrogens (tertiary/aromatic N) is 2. The van der Waals surface area contributed by atoms with E-state index >= 15 is 0 Å². The van der Waals surface area contributed by atoms with E-state index in [-0.39, 0.29) is 16.3 Å². The summed E-state index contributed by atoms with van der Waals surface area (Å²) in [5.41, 5.74) is 0.925. The second kappa shape index (κ2) is 5.47. The molecule has 0 bridgehead atoms. The van der Waals surface area contributed by atoms with Gasteiger partial charge in [0, 0.05) is 5.69 Å². The minimum absolute atomic E-state index is 0.0499. The van der Waals surface area contributed by atoms with Gasteiger partial charge in [-0.3, -0.25) is 0 Å². The summed E-state index contributed by atoms with van der Waals surface area (Å²) in [5, 5.41) is 8.93. The van der Waals surface area contributed by atoms with Crippen molar-refractivity contribution in [2.24, 2.45) is 0 Å². The molecule has 1 heterocycles. The van der Waals surface area contributed by atoms with Crippen LogP contribution in [0, 0.1) is 11.3 Å². The number of esters is 1. The van der Waals surface area contributed by atoms with Gasteiger partial charge in [0.15, 0.2) is 0 Å². The van der Waals surface area contributed by atoms with Crippen molar-refractivity contribution in [2.75, 3.05) is 7.11 Å². The molecule has 1 rings (SSSR count). The SMILES string of the molecule is CCCc1cc(C(=O)OC)c(C#N)c(Cl)n1. The molecule has 0 saturated carbocycles. The second-order valence-electron chi connectivity index (χ2n) is 3.18. The first-order valence-electron chi connectivity index (χ1n) is 4.81. The zero-order chi connectivity index (χ0) is 12.1. The molecular weight excluding hydrogens is 228 g/mol. The quantitative estimate of drug-likeness (QED) is 0.599. The Morgan fingerprint density at radius 1 is 1.69 bits per heavy atom. The van der Waals surface area contributed by atoms with Gasteiger partial charge in [0.1, 0.15) is 16.8 Å². The van der Waals surface area contributed by atoms with Crippen molar-refractivity contribution in [3.05, 3.63) is 28.0 Å². The van der Waals surface area contributed by atoms with Crippen LogP contribution in [0.3, 0.4) is 0 Å². The number of pyridine rings is 1. The molecule has 1 aromatic heterocycles. The van der Waals surface area contributed by atoms with Crippen molar-refractivity contribution in [3.8, 4) is 6.07 Å². The Morgan fingerprint density at radius 3 is 2.88 bits per heavy atom. The van der Waals surface area contributed by atoms with Gasteiger partial charge in [-0.05, 0) is 12.5 Å². The average molecular weight is 239 g/mol. The largest absolute Gasteiger partial charge is 0.465 e. The van der Waals surface area contributed by atoms with Crippen LogP contribution in [0.5, 0.6) is 0 Å². The maximum atomic E-state index is 11.4. The molecule has 0 aliphatic carbocycles. The zero-order valence-corrected chi connectivity index (χ0v) is 9.84. The Balaban J connectivity index is 3.32. The normalized spacial score (nSPS) is 9.62. The zero-order valence-electron chi connectivity index (χ0n) is 9.08. The van der Waals surface area contributed by atoms with Crippen LogP contribution in [0.15, 0.2) is 6.07 Å². The summed E-state index contributed by atoms with van der Waals surface area (Å²) >= 11 is 5.83. The van der Waals surface area contributed by atoms with Gasteiger partial charge in [-0.25, -0.2) is 9.78 Å². The summed E-state index contributed by atoms with van der Waals surface area (Å²) in [6.07, 6.45) is 1.59. The number of aromatic nitrogens is 1. The molecule has 0 spiro atoms. The Bertz CT molecular complexity index is 452. The lowest BCUT2D eigenvalue weighted by molar-refractivity contribution is 0.0600. The van der Waals surface area contributed by atoms with E-state index in [4.69, 9.17) is 16.9 Å². The second-order valence-corrected chi connectivity index (χ2v) is 3.54. The van der Waals surface area contributed by atoms with Crippen LogP contribution in [0.1, 0.15) is 35.0 Å². The summed E-state index contributed by atoms with van der Waals surface area (Å²) in [4.78, 5) is 15.5. The minimum atomic E-state index is -0.571. The maximum Gasteiger partial charge on any atom is 0.339 e. The fourth-order valence-corrected chi connectivity index (χ4v) is 1.58. The molecule has 0 N–H and O–H groups in total. The first kappa shape index (κ1) is 12.5. The van der Waals surface area contributed by atoms with Gasteiger partial charge >= 0.3 is 5.97 Å². The van der Waals surface area contributed by atoms with E-state index in [0.717, 1.165) is 6.42 Å². The van der Waals surface area contributed by atoms with Crippen LogP contribution >= 0.6 is 11.6 Å². The average Bonchev–Trinajstić information content (AvgIpc) is 2.27. The van der Waals surface area contributed by atoms with Crippen molar-refractivity contribution in [1.82, 2.24) is 4.98 Å². The van der Waals surface area contributed by atoms with Gasteiger partial charge in [0.2, 0.25) is 0 Å². The number of hydrogen-bond acceptors (Lipinski definition) is 4. The van der Waals surface area contributed by atoms with Gasteiger partial charge < -0.3 is 4.74 Å². The molecule has 1 aromatic rings. The summed E-state index contributed by atoms with van der Waals surface area (Å²) in [6, 6.07) is 3.41. The highest BCUT2D eigenvalue weighted by Crippen LogP contribution is 2.20. The minimum Gasteiger partial charge on any atom is -0.465 e. The van der Waals surface area contributed by atoms with Crippen LogP contribution in [0.25, 0.3) is 0 Å². The molecule has 0 fully saturated rings. The molecular formula is C11H11ClN2O2. The van der Waals surface area contributed by atoms with Crippen molar-refractivity contribution in [1.29, 1.82) is 5.26 Å². The Hall–Kier alpha value is -1.60. The third kappa shape index (κ3) is 2.50. The number of hydrogen-bond donors (Lipinski definition) is 0. The third-order valence-corrected chi connectivity index (χ3v) is 2.33. The molecule has 0 saturated heterocycles.